The molecule has 0 saturated carbocycles. The molecule has 0 spiro atoms. The number of hydrogen-bond acceptors (Lipinski definition) is 1. The summed E-state index contributed by atoms with van der Waals surface area (Å²) in [6, 6.07) is 6.42. The van der Waals surface area contributed by atoms with Crippen molar-refractivity contribution in [1.29, 1.82) is 0 Å². The largest absolute Gasteiger partial charge is 0.351 e. The van der Waals surface area contributed by atoms with Crippen molar-refractivity contribution in [3.63, 3.8) is 0 Å². The van der Waals surface area contributed by atoms with Crippen LogP contribution in [0.5, 0.6) is 0 Å². The summed E-state index contributed by atoms with van der Waals surface area (Å²) in [5.74, 6) is -0.197. The molecule has 1 N–H and O–H groups in total. The maximum Gasteiger partial charge on any atom is 0.234 e. The van der Waals surface area contributed by atoms with E-state index in [9.17, 15) is 9.18 Å². The van der Waals surface area contributed by atoms with Crippen LogP contribution in [0.2, 0.25) is 0 Å². The predicted octanol–water partition coefficient (Wildman–Crippen LogP) is 2.86. The number of hydrogen-bond donors (Lipinski definition) is 1. The maximum atomic E-state index is 13.2. The Balaban J connectivity index is 2.52. The van der Waals surface area contributed by atoms with E-state index in [1.54, 1.807) is 18.2 Å². The number of carbonyl (C=O) groups excluding carboxylic acids is 1. The molecule has 0 aliphatic carbocycles. The topological polar surface area (TPSA) is 29.1 Å². The number of rotatable bonds is 4. The molecule has 1 aromatic rings. The Morgan fingerprint density at radius 2 is 2.06 bits per heavy atom. The van der Waals surface area contributed by atoms with Gasteiger partial charge in [-0.05, 0) is 12.0 Å². The van der Waals surface area contributed by atoms with Gasteiger partial charge in [0.05, 0.1) is 4.83 Å². The Labute approximate surface area is 103 Å². The Morgan fingerprint density at radius 1 is 1.44 bits per heavy atom. The summed E-state index contributed by atoms with van der Waals surface area (Å²) in [4.78, 5) is 11.4. The van der Waals surface area contributed by atoms with Crippen molar-refractivity contribution in [3.8, 4) is 0 Å². The summed E-state index contributed by atoms with van der Waals surface area (Å²) in [6.45, 7) is 4.12. The highest BCUT2D eigenvalue weighted by atomic mass is 79.9. The zero-order chi connectivity index (χ0) is 12.1. The van der Waals surface area contributed by atoms with Crippen molar-refractivity contribution in [2.24, 2.45) is 5.92 Å². The van der Waals surface area contributed by atoms with Gasteiger partial charge in [-0.2, -0.15) is 0 Å². The normalized spacial score (nSPS) is 12.6. The molecule has 0 heterocycles. The summed E-state index contributed by atoms with van der Waals surface area (Å²) in [6.07, 6.45) is 0. The maximum absolute atomic E-state index is 13.2. The third kappa shape index (κ3) is 3.59. The van der Waals surface area contributed by atoms with Gasteiger partial charge in [0.15, 0.2) is 0 Å². The quantitative estimate of drug-likeness (QED) is 0.848. The standard InChI is InChI=1S/C12H15BrFNO/c1-8(2)11(13)12(16)15-7-9-5-3-4-6-10(9)14/h3-6,8,11H,7H2,1-2H3,(H,15,16)/t11-/m1/s1. The average Bonchev–Trinajstić information content (AvgIpc) is 2.26. The van der Waals surface area contributed by atoms with Gasteiger partial charge in [0, 0.05) is 12.1 Å². The molecule has 4 heteroatoms. The van der Waals surface area contributed by atoms with Crippen molar-refractivity contribution in [1.82, 2.24) is 5.32 Å². The van der Waals surface area contributed by atoms with Gasteiger partial charge in [-0.15, -0.1) is 0 Å². The van der Waals surface area contributed by atoms with E-state index in [-0.39, 0.29) is 29.0 Å². The summed E-state index contributed by atoms with van der Waals surface area (Å²) < 4.78 is 13.2. The minimum atomic E-state index is -0.293. The molecule has 0 aromatic heterocycles. The molecule has 88 valence electrons. The van der Waals surface area contributed by atoms with Crippen LogP contribution in [-0.4, -0.2) is 10.7 Å². The lowest BCUT2D eigenvalue weighted by Gasteiger charge is -2.13. The van der Waals surface area contributed by atoms with Crippen LogP contribution in [0.1, 0.15) is 19.4 Å². The first-order valence-corrected chi connectivity index (χ1v) is 6.09. The van der Waals surface area contributed by atoms with E-state index in [2.05, 4.69) is 21.2 Å². The second-order valence-corrected chi connectivity index (χ2v) is 4.94. The molecule has 0 aliphatic rings. The van der Waals surface area contributed by atoms with Gasteiger partial charge in [-0.3, -0.25) is 4.79 Å². The van der Waals surface area contributed by atoms with Crippen LogP contribution in [0.3, 0.4) is 0 Å². The highest BCUT2D eigenvalue weighted by Crippen LogP contribution is 2.12. The van der Waals surface area contributed by atoms with Crippen LogP contribution >= 0.6 is 15.9 Å². The molecule has 1 rings (SSSR count). The zero-order valence-electron chi connectivity index (χ0n) is 9.34. The highest BCUT2D eigenvalue weighted by Gasteiger charge is 2.18. The SMILES string of the molecule is CC(C)[C@@H](Br)C(=O)NCc1ccccc1F. The third-order valence-electron chi connectivity index (χ3n) is 2.25. The molecular weight excluding hydrogens is 273 g/mol. The number of halogens is 2. The Morgan fingerprint density at radius 3 is 2.62 bits per heavy atom. The van der Waals surface area contributed by atoms with E-state index < -0.39 is 0 Å². The van der Waals surface area contributed by atoms with Crippen LogP contribution < -0.4 is 5.32 Å². The fourth-order valence-electron chi connectivity index (χ4n) is 1.22. The van der Waals surface area contributed by atoms with E-state index in [0.29, 0.717) is 5.56 Å². The van der Waals surface area contributed by atoms with Gasteiger partial charge in [-0.1, -0.05) is 48.0 Å². The van der Waals surface area contributed by atoms with Gasteiger partial charge in [0.1, 0.15) is 5.82 Å². The second-order valence-electron chi connectivity index (χ2n) is 3.95. The first kappa shape index (κ1) is 13.2. The number of alkyl halides is 1. The van der Waals surface area contributed by atoms with Crippen LogP contribution in [0, 0.1) is 11.7 Å². The lowest BCUT2D eigenvalue weighted by molar-refractivity contribution is -0.121. The molecule has 0 aliphatic heterocycles. The van der Waals surface area contributed by atoms with Gasteiger partial charge in [0.25, 0.3) is 0 Å². The van der Waals surface area contributed by atoms with Gasteiger partial charge in [-0.25, -0.2) is 4.39 Å². The first-order valence-electron chi connectivity index (χ1n) is 5.17. The van der Waals surface area contributed by atoms with Gasteiger partial charge >= 0.3 is 0 Å². The van der Waals surface area contributed by atoms with E-state index in [1.807, 2.05) is 13.8 Å². The zero-order valence-corrected chi connectivity index (χ0v) is 10.9. The smallest absolute Gasteiger partial charge is 0.234 e. The first-order chi connectivity index (χ1) is 7.52. The molecule has 0 radical (unpaired) electrons. The molecule has 2 nitrogen and oxygen atoms in total. The fraction of sp³-hybridized carbons (Fsp3) is 0.417. The lowest BCUT2D eigenvalue weighted by atomic mass is 10.1. The van der Waals surface area contributed by atoms with Crippen molar-refractivity contribution < 1.29 is 9.18 Å². The van der Waals surface area contributed by atoms with Crippen LogP contribution in [0.4, 0.5) is 4.39 Å². The van der Waals surface area contributed by atoms with Crippen LogP contribution in [-0.2, 0) is 11.3 Å². The van der Waals surface area contributed by atoms with Crippen LogP contribution in [0.25, 0.3) is 0 Å². The Hall–Kier alpha value is -0.900. The predicted molar refractivity (Wildman–Crippen MR) is 65.8 cm³/mol. The molecule has 0 saturated heterocycles. The summed E-state index contributed by atoms with van der Waals surface area (Å²) in [7, 11) is 0. The molecule has 0 fully saturated rings. The monoisotopic (exact) mass is 287 g/mol. The second kappa shape index (κ2) is 5.99. The van der Waals surface area contributed by atoms with E-state index >= 15 is 0 Å². The third-order valence-corrected chi connectivity index (χ3v) is 3.72. The number of amides is 1. The summed E-state index contributed by atoms with van der Waals surface area (Å²) >= 11 is 3.29. The molecule has 1 atom stereocenters. The molecule has 1 amide bonds. The molecule has 16 heavy (non-hydrogen) atoms. The van der Waals surface area contributed by atoms with Crippen molar-refractivity contribution in [2.75, 3.05) is 0 Å². The average molecular weight is 288 g/mol. The molecular formula is C12H15BrFNO. The van der Waals surface area contributed by atoms with E-state index in [0.717, 1.165) is 0 Å². The fourth-order valence-corrected chi connectivity index (χ4v) is 1.39. The number of benzene rings is 1. The molecule has 0 bridgehead atoms. The van der Waals surface area contributed by atoms with Crippen molar-refractivity contribution >= 4 is 21.8 Å². The Kier molecular flexibility index (Phi) is 4.93. The van der Waals surface area contributed by atoms with Crippen molar-refractivity contribution in [3.05, 3.63) is 35.6 Å². The van der Waals surface area contributed by atoms with Gasteiger partial charge in [0.2, 0.25) is 5.91 Å². The molecule has 0 unspecified atom stereocenters. The van der Waals surface area contributed by atoms with Crippen molar-refractivity contribution in [2.45, 2.75) is 25.2 Å². The minimum absolute atomic E-state index is 0.113. The van der Waals surface area contributed by atoms with Crippen LogP contribution in [0.15, 0.2) is 24.3 Å². The summed E-state index contributed by atoms with van der Waals surface area (Å²) in [5, 5.41) is 2.70. The Bertz CT molecular complexity index is 368. The van der Waals surface area contributed by atoms with E-state index in [1.165, 1.54) is 6.07 Å². The highest BCUT2D eigenvalue weighted by molar-refractivity contribution is 9.10. The van der Waals surface area contributed by atoms with E-state index in [4.69, 9.17) is 0 Å². The van der Waals surface area contributed by atoms with Gasteiger partial charge < -0.3 is 5.32 Å². The lowest BCUT2D eigenvalue weighted by Crippen LogP contribution is -2.33. The molecule has 1 aromatic carbocycles. The summed E-state index contributed by atoms with van der Waals surface area (Å²) in [5.41, 5.74) is 0.499. The minimum Gasteiger partial charge on any atom is -0.351 e. The number of nitrogens with one attached hydrogen (secondary N) is 1. The number of carbonyl (C=O) groups is 1.